The third-order valence-corrected chi connectivity index (χ3v) is 5.13. The van der Waals surface area contributed by atoms with Gasteiger partial charge in [0.05, 0.1) is 5.69 Å². The highest BCUT2D eigenvalue weighted by atomic mass is 32.1. The lowest BCUT2D eigenvalue weighted by molar-refractivity contribution is 0.149. The van der Waals surface area contributed by atoms with Crippen molar-refractivity contribution in [3.63, 3.8) is 0 Å². The van der Waals surface area contributed by atoms with Crippen LogP contribution in [0.1, 0.15) is 32.4 Å². The molecule has 2 aromatic rings. The summed E-state index contributed by atoms with van der Waals surface area (Å²) >= 11 is 1.65. The van der Waals surface area contributed by atoms with Crippen LogP contribution in [0.5, 0.6) is 0 Å². The summed E-state index contributed by atoms with van der Waals surface area (Å²) in [4.78, 5) is 11.7. The Kier molecular flexibility index (Phi) is 4.66. The summed E-state index contributed by atoms with van der Waals surface area (Å²) in [6.07, 6.45) is 5.53. The number of rotatable bonds is 4. The van der Waals surface area contributed by atoms with Gasteiger partial charge in [0, 0.05) is 23.3 Å². The highest BCUT2D eigenvalue weighted by Crippen LogP contribution is 2.24. The minimum absolute atomic E-state index is 0.678. The molecule has 0 unspecified atom stereocenters. The van der Waals surface area contributed by atoms with E-state index in [1.165, 1.54) is 31.6 Å². The van der Waals surface area contributed by atoms with Crippen LogP contribution in [-0.4, -0.2) is 34.0 Å². The van der Waals surface area contributed by atoms with Gasteiger partial charge in [-0.25, -0.2) is 4.98 Å². The molecule has 4 heteroatoms. The second kappa shape index (κ2) is 6.67. The maximum atomic E-state index is 4.80. The molecular formula is C17H23N3S. The molecule has 112 valence electrons. The number of hydrogen-bond acceptors (Lipinski definition) is 4. The first-order valence-corrected chi connectivity index (χ1v) is 8.70. The van der Waals surface area contributed by atoms with Gasteiger partial charge in [-0.1, -0.05) is 6.07 Å². The fourth-order valence-electron chi connectivity index (χ4n) is 3.03. The third kappa shape index (κ3) is 3.69. The summed E-state index contributed by atoms with van der Waals surface area (Å²) in [5, 5.41) is 3.03. The molecule has 1 aliphatic heterocycles. The van der Waals surface area contributed by atoms with Crippen molar-refractivity contribution in [3.8, 4) is 10.7 Å². The van der Waals surface area contributed by atoms with Crippen molar-refractivity contribution in [2.45, 2.75) is 39.2 Å². The number of hydrogen-bond donors (Lipinski definition) is 0. The lowest BCUT2D eigenvalue weighted by atomic mass is 9.91. The van der Waals surface area contributed by atoms with Crippen LogP contribution in [0.15, 0.2) is 29.8 Å². The first-order valence-electron chi connectivity index (χ1n) is 7.82. The quantitative estimate of drug-likeness (QED) is 0.858. The first-order chi connectivity index (χ1) is 10.2. The first kappa shape index (κ1) is 14.7. The fraction of sp³-hybridized carbons (Fsp3) is 0.529. The molecule has 3 heterocycles. The molecule has 0 spiro atoms. The van der Waals surface area contributed by atoms with Crippen molar-refractivity contribution in [1.82, 2.24) is 14.9 Å². The highest BCUT2D eigenvalue weighted by molar-refractivity contribution is 7.13. The molecule has 0 aromatic carbocycles. The average Bonchev–Trinajstić information content (AvgIpc) is 3.02. The number of thiazole rings is 1. The normalized spacial score (nSPS) is 17.5. The maximum absolute atomic E-state index is 4.80. The lowest BCUT2D eigenvalue weighted by Gasteiger charge is -2.34. The fourth-order valence-corrected chi connectivity index (χ4v) is 3.64. The Labute approximate surface area is 131 Å². The predicted octanol–water partition coefficient (Wildman–Crippen LogP) is 3.87. The smallest absolute Gasteiger partial charge is 0.141 e. The third-order valence-electron chi connectivity index (χ3n) is 4.34. The Balaban J connectivity index is 1.62. The van der Waals surface area contributed by atoms with E-state index in [1.807, 2.05) is 11.6 Å². The molecule has 0 radical (unpaired) electrons. The second-order valence-corrected chi connectivity index (χ2v) is 7.02. The SMILES string of the molecule is CC(C)N1CCC(Cc2cccc(-c3nccs3)n2)CC1. The van der Waals surface area contributed by atoms with E-state index in [0.29, 0.717) is 6.04 Å². The molecule has 0 saturated carbocycles. The van der Waals surface area contributed by atoms with Crippen molar-refractivity contribution in [2.75, 3.05) is 13.1 Å². The Morgan fingerprint density at radius 1 is 1.29 bits per heavy atom. The number of nitrogens with zero attached hydrogens (tertiary/aromatic N) is 3. The van der Waals surface area contributed by atoms with Crippen molar-refractivity contribution < 1.29 is 0 Å². The molecule has 1 saturated heterocycles. The van der Waals surface area contributed by atoms with E-state index in [9.17, 15) is 0 Å². The highest BCUT2D eigenvalue weighted by Gasteiger charge is 2.21. The van der Waals surface area contributed by atoms with E-state index in [2.05, 4.69) is 41.9 Å². The predicted molar refractivity (Wildman–Crippen MR) is 88.5 cm³/mol. The lowest BCUT2D eigenvalue weighted by Crippen LogP contribution is -2.38. The monoisotopic (exact) mass is 301 g/mol. The number of piperidine rings is 1. The van der Waals surface area contributed by atoms with Gasteiger partial charge in [-0.15, -0.1) is 11.3 Å². The van der Waals surface area contributed by atoms with Gasteiger partial charge in [-0.3, -0.25) is 4.98 Å². The summed E-state index contributed by atoms with van der Waals surface area (Å²) < 4.78 is 0. The summed E-state index contributed by atoms with van der Waals surface area (Å²) in [5.74, 6) is 0.777. The van der Waals surface area contributed by atoms with Gasteiger partial charge in [0.15, 0.2) is 0 Å². The van der Waals surface area contributed by atoms with Crippen LogP contribution in [0.3, 0.4) is 0 Å². The van der Waals surface area contributed by atoms with Gasteiger partial charge in [0.1, 0.15) is 5.01 Å². The van der Waals surface area contributed by atoms with Gasteiger partial charge in [0.25, 0.3) is 0 Å². The second-order valence-electron chi connectivity index (χ2n) is 6.13. The maximum Gasteiger partial charge on any atom is 0.141 e. The summed E-state index contributed by atoms with van der Waals surface area (Å²) in [6.45, 7) is 7.04. The van der Waals surface area contributed by atoms with Gasteiger partial charge in [-0.05, 0) is 64.3 Å². The van der Waals surface area contributed by atoms with Crippen LogP contribution < -0.4 is 0 Å². The molecular weight excluding hydrogens is 278 g/mol. The molecule has 2 aromatic heterocycles. The van der Waals surface area contributed by atoms with Gasteiger partial charge in [-0.2, -0.15) is 0 Å². The number of aromatic nitrogens is 2. The van der Waals surface area contributed by atoms with Crippen LogP contribution in [-0.2, 0) is 6.42 Å². The van der Waals surface area contributed by atoms with Crippen LogP contribution >= 0.6 is 11.3 Å². The van der Waals surface area contributed by atoms with E-state index in [-0.39, 0.29) is 0 Å². The molecule has 1 aliphatic rings. The molecule has 1 fully saturated rings. The summed E-state index contributed by atoms with van der Waals surface area (Å²) in [6, 6.07) is 7.01. The van der Waals surface area contributed by atoms with Crippen LogP contribution in [0, 0.1) is 5.92 Å². The molecule has 3 nitrogen and oxygen atoms in total. The van der Waals surface area contributed by atoms with Gasteiger partial charge < -0.3 is 4.90 Å². The summed E-state index contributed by atoms with van der Waals surface area (Å²) in [7, 11) is 0. The van der Waals surface area contributed by atoms with Crippen LogP contribution in [0.4, 0.5) is 0 Å². The summed E-state index contributed by atoms with van der Waals surface area (Å²) in [5.41, 5.74) is 2.23. The molecule has 0 bridgehead atoms. The molecule has 3 rings (SSSR count). The number of pyridine rings is 1. The Morgan fingerprint density at radius 3 is 2.76 bits per heavy atom. The van der Waals surface area contributed by atoms with E-state index in [4.69, 9.17) is 4.98 Å². The van der Waals surface area contributed by atoms with Crippen molar-refractivity contribution in [1.29, 1.82) is 0 Å². The minimum atomic E-state index is 0.678. The molecule has 0 N–H and O–H groups in total. The topological polar surface area (TPSA) is 29.0 Å². The van der Waals surface area contributed by atoms with E-state index >= 15 is 0 Å². The zero-order chi connectivity index (χ0) is 14.7. The zero-order valence-electron chi connectivity index (χ0n) is 12.8. The Bertz CT molecular complexity index is 557. The Hall–Kier alpha value is -1.26. The largest absolute Gasteiger partial charge is 0.301 e. The number of likely N-dealkylation sites (tertiary alicyclic amines) is 1. The van der Waals surface area contributed by atoms with E-state index < -0.39 is 0 Å². The van der Waals surface area contributed by atoms with Crippen LogP contribution in [0.2, 0.25) is 0 Å². The standard InChI is InChI=1S/C17H23N3S/c1-13(2)20-9-6-14(7-10-20)12-15-4-3-5-16(19-15)17-18-8-11-21-17/h3-5,8,11,13-14H,6-7,9-10,12H2,1-2H3. The Morgan fingerprint density at radius 2 is 2.10 bits per heavy atom. The van der Waals surface area contributed by atoms with Gasteiger partial charge >= 0.3 is 0 Å². The molecule has 21 heavy (non-hydrogen) atoms. The van der Waals surface area contributed by atoms with Crippen molar-refractivity contribution >= 4 is 11.3 Å². The van der Waals surface area contributed by atoms with Crippen LogP contribution in [0.25, 0.3) is 10.7 Å². The minimum Gasteiger partial charge on any atom is -0.301 e. The van der Waals surface area contributed by atoms with Crippen molar-refractivity contribution in [3.05, 3.63) is 35.5 Å². The van der Waals surface area contributed by atoms with E-state index in [1.54, 1.807) is 11.3 Å². The molecule has 0 amide bonds. The van der Waals surface area contributed by atoms with Gasteiger partial charge in [0.2, 0.25) is 0 Å². The molecule has 0 aliphatic carbocycles. The van der Waals surface area contributed by atoms with E-state index in [0.717, 1.165) is 23.0 Å². The van der Waals surface area contributed by atoms with Crippen molar-refractivity contribution in [2.24, 2.45) is 5.92 Å². The average molecular weight is 301 g/mol. The molecule has 0 atom stereocenters. The zero-order valence-corrected chi connectivity index (χ0v) is 13.6.